The maximum Gasteiger partial charge on any atom is 0.221 e. The Morgan fingerprint density at radius 2 is 2.08 bits per heavy atom. The minimum atomic E-state index is -0.0501. The highest BCUT2D eigenvalue weighted by molar-refractivity contribution is 5.89. The van der Waals surface area contributed by atoms with Crippen molar-refractivity contribution in [3.05, 3.63) is 23.8 Å². The number of carbonyl (C=O) groups excluding carboxylic acids is 1. The Labute approximate surface area is 78.2 Å². The van der Waals surface area contributed by atoms with Gasteiger partial charge in [-0.2, -0.15) is 0 Å². The lowest BCUT2D eigenvalue weighted by Crippen LogP contribution is -2.06. The van der Waals surface area contributed by atoms with E-state index in [9.17, 15) is 4.79 Å². The second-order valence-electron chi connectivity index (χ2n) is 2.96. The molecule has 0 aliphatic carbocycles. The maximum atomic E-state index is 10.8. The zero-order chi connectivity index (χ0) is 9.84. The van der Waals surface area contributed by atoms with Gasteiger partial charge < -0.3 is 10.6 Å². The minimum absolute atomic E-state index is 0.0501. The molecule has 3 heteroatoms. The SMILES string of the molecule is CNc1cc(NC(C)=O)ccc1C. The Balaban J connectivity index is 2.92. The van der Waals surface area contributed by atoms with Gasteiger partial charge in [0.2, 0.25) is 5.91 Å². The molecule has 0 aromatic heterocycles. The van der Waals surface area contributed by atoms with Crippen molar-refractivity contribution < 1.29 is 4.79 Å². The number of carbonyl (C=O) groups is 1. The zero-order valence-electron chi connectivity index (χ0n) is 8.14. The lowest BCUT2D eigenvalue weighted by atomic mass is 10.2. The highest BCUT2D eigenvalue weighted by atomic mass is 16.1. The van der Waals surface area contributed by atoms with Gasteiger partial charge in [-0.3, -0.25) is 4.79 Å². The first-order valence-corrected chi connectivity index (χ1v) is 4.19. The normalized spacial score (nSPS) is 9.46. The van der Waals surface area contributed by atoms with Crippen LogP contribution < -0.4 is 10.6 Å². The van der Waals surface area contributed by atoms with Gasteiger partial charge in [0, 0.05) is 25.3 Å². The van der Waals surface area contributed by atoms with Crippen LogP contribution in [0.25, 0.3) is 0 Å². The van der Waals surface area contributed by atoms with E-state index in [2.05, 4.69) is 10.6 Å². The van der Waals surface area contributed by atoms with Crippen LogP contribution in [0.1, 0.15) is 12.5 Å². The number of amides is 1. The lowest BCUT2D eigenvalue weighted by Gasteiger charge is -2.08. The molecule has 2 N–H and O–H groups in total. The van der Waals surface area contributed by atoms with Crippen molar-refractivity contribution in [2.75, 3.05) is 17.7 Å². The second kappa shape index (κ2) is 3.94. The van der Waals surface area contributed by atoms with Gasteiger partial charge in [-0.25, -0.2) is 0 Å². The van der Waals surface area contributed by atoms with Crippen molar-refractivity contribution >= 4 is 17.3 Å². The van der Waals surface area contributed by atoms with Crippen LogP contribution in [0.4, 0.5) is 11.4 Å². The van der Waals surface area contributed by atoms with Crippen LogP contribution in [0, 0.1) is 6.92 Å². The summed E-state index contributed by atoms with van der Waals surface area (Å²) in [6.07, 6.45) is 0. The predicted molar refractivity (Wildman–Crippen MR) is 55.0 cm³/mol. The van der Waals surface area contributed by atoms with Gasteiger partial charge in [0.05, 0.1) is 0 Å². The van der Waals surface area contributed by atoms with E-state index >= 15 is 0 Å². The average Bonchev–Trinajstić information content (AvgIpc) is 2.07. The standard InChI is InChI=1S/C10H14N2O/c1-7-4-5-9(12-8(2)13)6-10(7)11-3/h4-6,11H,1-3H3,(H,12,13). The molecule has 0 aliphatic rings. The van der Waals surface area contributed by atoms with Crippen molar-refractivity contribution in [3.63, 3.8) is 0 Å². The molecule has 1 amide bonds. The molecule has 0 heterocycles. The van der Waals surface area contributed by atoms with Crippen LogP contribution in [0.15, 0.2) is 18.2 Å². The summed E-state index contributed by atoms with van der Waals surface area (Å²) in [4.78, 5) is 10.8. The van der Waals surface area contributed by atoms with Crippen LogP contribution in [0.2, 0.25) is 0 Å². The molecule has 3 nitrogen and oxygen atoms in total. The van der Waals surface area contributed by atoms with E-state index in [4.69, 9.17) is 0 Å². The summed E-state index contributed by atoms with van der Waals surface area (Å²) < 4.78 is 0. The fourth-order valence-electron chi connectivity index (χ4n) is 1.17. The Bertz CT molecular complexity index is 321. The number of benzene rings is 1. The topological polar surface area (TPSA) is 41.1 Å². The molecule has 0 fully saturated rings. The Morgan fingerprint density at radius 1 is 1.38 bits per heavy atom. The molecule has 0 spiro atoms. The van der Waals surface area contributed by atoms with Gasteiger partial charge >= 0.3 is 0 Å². The molecule has 0 radical (unpaired) electrons. The van der Waals surface area contributed by atoms with Crippen molar-refractivity contribution in [3.8, 4) is 0 Å². The molecule has 0 saturated carbocycles. The summed E-state index contributed by atoms with van der Waals surface area (Å²) in [6, 6.07) is 5.77. The van der Waals surface area contributed by atoms with E-state index in [0.29, 0.717) is 0 Å². The second-order valence-corrected chi connectivity index (χ2v) is 2.96. The van der Waals surface area contributed by atoms with Crippen LogP contribution in [0.5, 0.6) is 0 Å². The fraction of sp³-hybridized carbons (Fsp3) is 0.300. The Hall–Kier alpha value is -1.51. The summed E-state index contributed by atoms with van der Waals surface area (Å²) in [5.41, 5.74) is 3.02. The molecule has 70 valence electrons. The minimum Gasteiger partial charge on any atom is -0.388 e. The Kier molecular flexibility index (Phi) is 2.90. The lowest BCUT2D eigenvalue weighted by molar-refractivity contribution is -0.114. The predicted octanol–water partition coefficient (Wildman–Crippen LogP) is 2.00. The number of aryl methyl sites for hydroxylation is 1. The molecule has 0 unspecified atom stereocenters. The van der Waals surface area contributed by atoms with E-state index < -0.39 is 0 Å². The summed E-state index contributed by atoms with van der Waals surface area (Å²) in [7, 11) is 1.86. The number of anilines is 2. The van der Waals surface area contributed by atoms with Crippen molar-refractivity contribution in [2.24, 2.45) is 0 Å². The van der Waals surface area contributed by atoms with Crippen LogP contribution in [-0.4, -0.2) is 13.0 Å². The fourth-order valence-corrected chi connectivity index (χ4v) is 1.17. The molecule has 1 aromatic rings. The van der Waals surface area contributed by atoms with Crippen molar-refractivity contribution in [1.29, 1.82) is 0 Å². The molecule has 0 bridgehead atoms. The molecule has 0 aliphatic heterocycles. The first kappa shape index (κ1) is 9.58. The third kappa shape index (κ3) is 2.47. The van der Waals surface area contributed by atoms with Gasteiger partial charge in [0.15, 0.2) is 0 Å². The largest absolute Gasteiger partial charge is 0.388 e. The molecule has 13 heavy (non-hydrogen) atoms. The van der Waals surface area contributed by atoms with Crippen LogP contribution in [-0.2, 0) is 4.79 Å². The van der Waals surface area contributed by atoms with E-state index in [-0.39, 0.29) is 5.91 Å². The molecule has 0 atom stereocenters. The molecule has 0 saturated heterocycles. The number of nitrogens with one attached hydrogen (secondary N) is 2. The summed E-state index contributed by atoms with van der Waals surface area (Å²) >= 11 is 0. The van der Waals surface area contributed by atoms with Gasteiger partial charge in [-0.15, -0.1) is 0 Å². The summed E-state index contributed by atoms with van der Waals surface area (Å²) in [6.45, 7) is 3.52. The highest BCUT2D eigenvalue weighted by Crippen LogP contribution is 2.19. The smallest absolute Gasteiger partial charge is 0.221 e. The zero-order valence-corrected chi connectivity index (χ0v) is 8.14. The quantitative estimate of drug-likeness (QED) is 0.727. The van der Waals surface area contributed by atoms with Gasteiger partial charge in [0.1, 0.15) is 0 Å². The number of hydrogen-bond acceptors (Lipinski definition) is 2. The van der Waals surface area contributed by atoms with E-state index in [1.807, 2.05) is 32.2 Å². The number of rotatable bonds is 2. The molecule has 1 rings (SSSR count). The highest BCUT2D eigenvalue weighted by Gasteiger charge is 1.99. The molecular formula is C10H14N2O. The Morgan fingerprint density at radius 3 is 2.62 bits per heavy atom. The van der Waals surface area contributed by atoms with E-state index in [0.717, 1.165) is 16.9 Å². The van der Waals surface area contributed by atoms with Crippen LogP contribution in [0.3, 0.4) is 0 Å². The van der Waals surface area contributed by atoms with E-state index in [1.54, 1.807) is 0 Å². The summed E-state index contributed by atoms with van der Waals surface area (Å²) in [5.74, 6) is -0.0501. The third-order valence-corrected chi connectivity index (χ3v) is 1.83. The van der Waals surface area contributed by atoms with Gasteiger partial charge in [-0.1, -0.05) is 6.07 Å². The average molecular weight is 178 g/mol. The molecule has 1 aromatic carbocycles. The van der Waals surface area contributed by atoms with Crippen molar-refractivity contribution in [1.82, 2.24) is 0 Å². The monoisotopic (exact) mass is 178 g/mol. The number of hydrogen-bond donors (Lipinski definition) is 2. The van der Waals surface area contributed by atoms with Crippen molar-refractivity contribution in [2.45, 2.75) is 13.8 Å². The van der Waals surface area contributed by atoms with Crippen LogP contribution >= 0.6 is 0 Å². The summed E-state index contributed by atoms with van der Waals surface area (Å²) in [5, 5.41) is 5.79. The van der Waals surface area contributed by atoms with E-state index in [1.165, 1.54) is 6.92 Å². The molecular weight excluding hydrogens is 164 g/mol. The first-order chi connectivity index (χ1) is 6.13. The third-order valence-electron chi connectivity index (χ3n) is 1.83. The van der Waals surface area contributed by atoms with Gasteiger partial charge in [-0.05, 0) is 24.6 Å². The maximum absolute atomic E-state index is 10.8. The van der Waals surface area contributed by atoms with Gasteiger partial charge in [0.25, 0.3) is 0 Å². The first-order valence-electron chi connectivity index (χ1n) is 4.19.